The van der Waals surface area contributed by atoms with E-state index in [1.807, 2.05) is 41.5 Å². The Hall–Kier alpha value is -2.73. The highest BCUT2D eigenvalue weighted by atomic mass is 32.1. The first-order valence-corrected chi connectivity index (χ1v) is 14.6. The molecule has 40 heavy (non-hydrogen) atoms. The first-order chi connectivity index (χ1) is 18.3. The molecule has 1 heterocycles. The number of likely N-dealkylation sites (N-methyl/N-ethyl adjacent to an activating group) is 2. The zero-order valence-corrected chi connectivity index (χ0v) is 26.5. The molecule has 3 amide bonds. The summed E-state index contributed by atoms with van der Waals surface area (Å²) < 4.78 is 5.46. The Kier molecular flexibility index (Phi) is 13.0. The Balaban J connectivity index is 3.19. The molecule has 5 unspecified atom stereocenters. The largest absolute Gasteiger partial charge is 0.476 e. The van der Waals surface area contributed by atoms with E-state index in [1.165, 1.54) is 17.3 Å². The fraction of sp³-hybridized carbons (Fsp3) is 0.750. The maximum atomic E-state index is 13.9. The number of hydrogen-bond donors (Lipinski definition) is 3. The number of aromatic carboxylic acids is 1. The molecule has 0 spiro atoms. The summed E-state index contributed by atoms with van der Waals surface area (Å²) in [5, 5.41) is 24.5. The highest BCUT2D eigenvalue weighted by Crippen LogP contribution is 2.28. The van der Waals surface area contributed by atoms with Crippen LogP contribution in [0, 0.1) is 17.8 Å². The number of amides is 3. The molecule has 0 radical (unpaired) electrons. The van der Waals surface area contributed by atoms with E-state index in [4.69, 9.17) is 9.84 Å². The molecule has 0 bridgehead atoms. The zero-order valence-electron chi connectivity index (χ0n) is 25.7. The average molecular weight is 585 g/mol. The third kappa shape index (κ3) is 9.72. The number of carbonyl (C=O) groups excluding carboxylic acids is 3. The van der Waals surface area contributed by atoms with Crippen molar-refractivity contribution in [3.05, 3.63) is 16.1 Å². The first-order valence-electron chi connectivity index (χ1n) is 13.7. The Morgan fingerprint density at radius 2 is 1.62 bits per heavy atom. The van der Waals surface area contributed by atoms with E-state index in [-0.39, 0.29) is 40.8 Å². The van der Waals surface area contributed by atoms with Gasteiger partial charge in [0.25, 0.3) is 0 Å². The number of aliphatic hydroxyl groups excluding tert-OH is 1. The van der Waals surface area contributed by atoms with E-state index in [1.54, 1.807) is 32.7 Å². The number of hydrogen-bond acceptors (Lipinski definition) is 8. The first kappa shape index (κ1) is 35.3. The van der Waals surface area contributed by atoms with Gasteiger partial charge in [-0.25, -0.2) is 14.6 Å². The van der Waals surface area contributed by atoms with Crippen molar-refractivity contribution in [1.29, 1.82) is 0 Å². The number of nitrogens with one attached hydrogen (secondary N) is 1. The fourth-order valence-electron chi connectivity index (χ4n) is 4.42. The lowest BCUT2D eigenvalue weighted by Gasteiger charge is -2.38. The number of carboxylic acid groups (broad SMARTS) is 1. The lowest BCUT2D eigenvalue weighted by Crippen LogP contribution is -2.59. The van der Waals surface area contributed by atoms with Gasteiger partial charge in [-0.3, -0.25) is 14.5 Å². The molecule has 0 aliphatic carbocycles. The SMILES string of the molecule is CCC(C)C(NC(=O)C(C(C)C)N(C)C(=O)OC(C)(C)C)C(=O)N(C)C(CC(O)c1nc(C(=O)O)cs1)C(C)C. The molecule has 0 saturated heterocycles. The minimum Gasteiger partial charge on any atom is -0.476 e. The van der Waals surface area contributed by atoms with Crippen molar-refractivity contribution in [2.45, 2.75) is 105 Å². The lowest BCUT2D eigenvalue weighted by molar-refractivity contribution is -0.141. The Morgan fingerprint density at radius 1 is 1.05 bits per heavy atom. The normalized spacial score (nSPS) is 15.7. The average Bonchev–Trinajstić information content (AvgIpc) is 3.34. The molecular weight excluding hydrogens is 536 g/mol. The second kappa shape index (κ2) is 14.8. The van der Waals surface area contributed by atoms with Gasteiger partial charge >= 0.3 is 12.1 Å². The molecular formula is C28H48N4O7S. The molecule has 3 N–H and O–H groups in total. The van der Waals surface area contributed by atoms with Crippen LogP contribution in [0.2, 0.25) is 0 Å². The monoisotopic (exact) mass is 584 g/mol. The van der Waals surface area contributed by atoms with Crippen LogP contribution in [0.1, 0.15) is 96.8 Å². The minimum absolute atomic E-state index is 0.0579. The van der Waals surface area contributed by atoms with Crippen LogP contribution in [0.3, 0.4) is 0 Å². The molecule has 228 valence electrons. The van der Waals surface area contributed by atoms with Crippen molar-refractivity contribution in [2.75, 3.05) is 14.1 Å². The van der Waals surface area contributed by atoms with Gasteiger partial charge in [0.15, 0.2) is 5.69 Å². The number of rotatable bonds is 13. The van der Waals surface area contributed by atoms with Crippen molar-refractivity contribution in [1.82, 2.24) is 20.1 Å². The highest BCUT2D eigenvalue weighted by molar-refractivity contribution is 7.09. The molecule has 0 saturated carbocycles. The van der Waals surface area contributed by atoms with Crippen molar-refractivity contribution in [3.63, 3.8) is 0 Å². The van der Waals surface area contributed by atoms with Crippen LogP contribution in [0.25, 0.3) is 0 Å². The number of carboxylic acids is 1. The predicted molar refractivity (Wildman–Crippen MR) is 154 cm³/mol. The molecule has 0 aromatic carbocycles. The maximum absolute atomic E-state index is 13.9. The van der Waals surface area contributed by atoms with Crippen LogP contribution >= 0.6 is 11.3 Å². The molecule has 1 aromatic rings. The topological polar surface area (TPSA) is 149 Å². The predicted octanol–water partition coefficient (Wildman–Crippen LogP) is 4.17. The van der Waals surface area contributed by atoms with Gasteiger partial charge in [-0.05, 0) is 38.5 Å². The summed E-state index contributed by atoms with van der Waals surface area (Å²) in [6, 6.07) is -2.16. The van der Waals surface area contributed by atoms with Crippen molar-refractivity contribution in [2.24, 2.45) is 17.8 Å². The van der Waals surface area contributed by atoms with Crippen molar-refractivity contribution < 1.29 is 34.1 Å². The lowest BCUT2D eigenvalue weighted by atomic mass is 9.92. The van der Waals surface area contributed by atoms with Crippen molar-refractivity contribution in [3.8, 4) is 0 Å². The molecule has 5 atom stereocenters. The van der Waals surface area contributed by atoms with Crippen molar-refractivity contribution >= 4 is 35.2 Å². The van der Waals surface area contributed by atoms with Crippen LogP contribution in [0.5, 0.6) is 0 Å². The van der Waals surface area contributed by atoms with Crippen LogP contribution in [0.4, 0.5) is 4.79 Å². The van der Waals surface area contributed by atoms with Gasteiger partial charge in [-0.1, -0.05) is 48.0 Å². The number of thiazole rings is 1. The highest BCUT2D eigenvalue weighted by Gasteiger charge is 2.38. The standard InChI is InChI=1S/C28H48N4O7S/c1-12-17(6)21(30-23(34)22(16(4)5)32(11)27(38)39-28(7,8)9)25(35)31(10)19(15(2)3)13-20(33)24-29-18(14-40-24)26(36)37/h14-17,19-22,33H,12-13H2,1-11H3,(H,30,34)(H,36,37). The quantitative estimate of drug-likeness (QED) is 0.313. The van der Waals surface area contributed by atoms with Gasteiger partial charge in [-0.2, -0.15) is 0 Å². The summed E-state index contributed by atoms with van der Waals surface area (Å²) >= 11 is 1.05. The number of carbonyl (C=O) groups is 4. The third-order valence-electron chi connectivity index (χ3n) is 6.88. The van der Waals surface area contributed by atoms with Gasteiger partial charge in [0.05, 0.1) is 0 Å². The molecule has 0 aliphatic rings. The minimum atomic E-state index is -1.17. The number of ether oxygens (including phenoxy) is 1. The fourth-order valence-corrected chi connectivity index (χ4v) is 5.21. The molecule has 0 aliphatic heterocycles. The number of aromatic nitrogens is 1. The smallest absolute Gasteiger partial charge is 0.410 e. The van der Waals surface area contributed by atoms with Crippen LogP contribution < -0.4 is 5.32 Å². The molecule has 1 rings (SSSR count). The maximum Gasteiger partial charge on any atom is 0.410 e. The van der Waals surface area contributed by atoms with E-state index in [0.29, 0.717) is 6.42 Å². The van der Waals surface area contributed by atoms with E-state index in [2.05, 4.69) is 10.3 Å². The Bertz CT molecular complexity index is 1020. The summed E-state index contributed by atoms with van der Waals surface area (Å²) in [5.74, 6) is -2.48. The van der Waals surface area contributed by atoms with Gasteiger partial charge in [0.1, 0.15) is 28.8 Å². The number of aliphatic hydroxyl groups is 1. The molecule has 1 aromatic heterocycles. The van der Waals surface area contributed by atoms with Crippen LogP contribution in [-0.2, 0) is 14.3 Å². The van der Waals surface area contributed by atoms with Crippen LogP contribution in [0.15, 0.2) is 5.38 Å². The van der Waals surface area contributed by atoms with E-state index in [0.717, 1.165) is 11.3 Å². The number of nitrogens with zero attached hydrogens (tertiary/aromatic N) is 3. The summed E-state index contributed by atoms with van der Waals surface area (Å²) in [6.45, 7) is 16.5. The summed E-state index contributed by atoms with van der Waals surface area (Å²) in [7, 11) is 3.15. The summed E-state index contributed by atoms with van der Waals surface area (Å²) in [6.07, 6.45) is -0.939. The molecule has 0 fully saturated rings. The van der Waals surface area contributed by atoms with E-state index in [9.17, 15) is 24.3 Å². The second-order valence-corrected chi connectivity index (χ2v) is 12.9. The summed E-state index contributed by atoms with van der Waals surface area (Å²) in [4.78, 5) is 58.1. The molecule has 11 nitrogen and oxygen atoms in total. The summed E-state index contributed by atoms with van der Waals surface area (Å²) in [5.41, 5.74) is -0.869. The second-order valence-electron chi connectivity index (χ2n) is 12.0. The Labute approximate surface area is 242 Å². The van der Waals surface area contributed by atoms with Gasteiger partial charge in [-0.15, -0.1) is 11.3 Å². The van der Waals surface area contributed by atoms with Crippen LogP contribution in [-0.4, -0.2) is 86.7 Å². The molecule has 12 heteroatoms. The van der Waals surface area contributed by atoms with E-state index < -0.39 is 47.8 Å². The van der Waals surface area contributed by atoms with E-state index >= 15 is 0 Å². The third-order valence-corrected chi connectivity index (χ3v) is 7.83. The van der Waals surface area contributed by atoms with Gasteiger partial charge in [0.2, 0.25) is 11.8 Å². The van der Waals surface area contributed by atoms with Gasteiger partial charge < -0.3 is 25.2 Å². The van der Waals surface area contributed by atoms with Gasteiger partial charge in [0, 0.05) is 31.9 Å². The zero-order chi connectivity index (χ0) is 31.1. The Morgan fingerprint density at radius 3 is 2.05 bits per heavy atom.